The fraction of sp³-hybridized carbons (Fsp3) is 0.638. The Balaban J connectivity index is 0.00000216. The molecule has 0 saturated heterocycles. The van der Waals surface area contributed by atoms with Gasteiger partial charge in [-0.1, -0.05) is 0 Å². The van der Waals surface area contributed by atoms with E-state index in [0.29, 0.717) is 9.54 Å². The van der Waals surface area contributed by atoms with Crippen LogP contribution in [0.25, 0.3) is 0 Å². The van der Waals surface area contributed by atoms with E-state index in [4.69, 9.17) is 0 Å². The first-order valence-corrected chi connectivity index (χ1v) is 23.9. The van der Waals surface area contributed by atoms with Crippen LogP contribution in [0.5, 0.6) is 0 Å². The molecule has 0 N–H and O–H groups in total. The topological polar surface area (TPSA) is 0 Å². The molecule has 8 rings (SSSR count). The summed E-state index contributed by atoms with van der Waals surface area (Å²) in [6.07, 6.45) is 51.9. The molecule has 8 aliphatic rings. The van der Waals surface area contributed by atoms with E-state index in [1.807, 2.05) is 3.28 Å². The van der Waals surface area contributed by atoms with Gasteiger partial charge in [-0.3, -0.25) is 0 Å². The molecule has 0 aliphatic heterocycles. The minimum absolute atomic E-state index is 0. The van der Waals surface area contributed by atoms with Gasteiger partial charge in [0.1, 0.15) is 0 Å². The van der Waals surface area contributed by atoms with E-state index in [1.54, 1.807) is 5.57 Å². The second-order valence-electron chi connectivity index (χ2n) is 19.1. The number of allylic oxidation sites excluding steroid dienone is 16. The predicted molar refractivity (Wildman–Crippen MR) is 203 cm³/mol. The fourth-order valence-corrected chi connectivity index (χ4v) is 27.0. The van der Waals surface area contributed by atoms with Crippen LogP contribution in [-0.4, -0.2) is 3.21 Å². The van der Waals surface area contributed by atoms with Crippen LogP contribution in [0.3, 0.4) is 0 Å². The van der Waals surface area contributed by atoms with Crippen LogP contribution in [0.1, 0.15) is 126 Å². The van der Waals surface area contributed by atoms with Gasteiger partial charge in [0.2, 0.25) is 0 Å². The largest absolute Gasteiger partial charge is 1.00 e. The van der Waals surface area contributed by atoms with E-state index >= 15 is 0 Å². The molecule has 270 valence electrons. The van der Waals surface area contributed by atoms with Crippen molar-refractivity contribution in [2.75, 3.05) is 0 Å². The van der Waals surface area contributed by atoms with Crippen LogP contribution in [0.2, 0.25) is 3.63 Å². The van der Waals surface area contributed by atoms with Crippen LogP contribution in [0.4, 0.5) is 0 Å². The van der Waals surface area contributed by atoms with Crippen LogP contribution < -0.4 is 24.8 Å². The number of rotatable bonds is 6. The van der Waals surface area contributed by atoms with Crippen molar-refractivity contribution in [2.24, 2.45) is 55.7 Å². The Morgan fingerprint density at radius 3 is 1.66 bits per heavy atom. The van der Waals surface area contributed by atoms with Gasteiger partial charge in [0.05, 0.1) is 0 Å². The molecule has 9 unspecified atom stereocenters. The first-order valence-electron chi connectivity index (χ1n) is 20.0. The molecule has 50 heavy (non-hydrogen) atoms. The minimum Gasteiger partial charge on any atom is -1.00 e. The van der Waals surface area contributed by atoms with Crippen LogP contribution in [-0.2, 0) is 21.3 Å². The SMILES string of the molecule is CC1=CC=CC2[CH]([Zr+2]([C]3=CC=CC3)=[C](CC3CCCC3)CC3CCCC3)C3(C)C4(C)C=CC=CC4(C)C4(C)C=CC=CC4(C)C3(C)C12C.[Cl-].[Cl-]. The fourth-order valence-electron chi connectivity index (χ4n) is 15.0. The van der Waals surface area contributed by atoms with Gasteiger partial charge in [-0.2, -0.15) is 0 Å². The van der Waals surface area contributed by atoms with Crippen molar-refractivity contribution in [3.63, 3.8) is 0 Å². The van der Waals surface area contributed by atoms with Gasteiger partial charge in [0.25, 0.3) is 0 Å². The summed E-state index contributed by atoms with van der Waals surface area (Å²) >= 11 is -2.54. The van der Waals surface area contributed by atoms with E-state index < -0.39 is 21.3 Å². The smallest absolute Gasteiger partial charge is 1.00 e. The maximum absolute atomic E-state index is 2.90. The summed E-state index contributed by atoms with van der Waals surface area (Å²) in [5.41, 5.74) is 1.73. The average Bonchev–Trinajstić information content (AvgIpc) is 3.89. The van der Waals surface area contributed by atoms with Crippen LogP contribution in [0, 0.1) is 55.7 Å². The third-order valence-electron chi connectivity index (χ3n) is 18.3. The molecule has 4 fully saturated rings. The monoisotopic (exact) mass is 788 g/mol. The summed E-state index contributed by atoms with van der Waals surface area (Å²) in [6.45, 7) is 21.9. The Hall–Kier alpha value is -0.747. The summed E-state index contributed by atoms with van der Waals surface area (Å²) in [7, 11) is 0. The third-order valence-corrected chi connectivity index (χ3v) is 27.7. The van der Waals surface area contributed by atoms with Gasteiger partial charge in [0, 0.05) is 0 Å². The number of hydrogen-bond acceptors (Lipinski definition) is 0. The van der Waals surface area contributed by atoms with Crippen LogP contribution in [0.15, 0.2) is 93.9 Å². The molecule has 0 aromatic carbocycles. The molecule has 0 radical (unpaired) electrons. The predicted octanol–water partition coefficient (Wildman–Crippen LogP) is 7.03. The van der Waals surface area contributed by atoms with Crippen molar-refractivity contribution in [2.45, 2.75) is 130 Å². The standard InChI is InChI=1S/C29H37.C13H22.C5H5.2ClH.Zr/c1-21-14-13-15-22-20-27(6)25(4)18-10-9-16-23(25,2)24(3)17-11-12-19-26(24,5)29(27,8)28(21,22)7;1-2-7-12(6-1)10-5-11-13-8-3-4-9-13;1-2-4-5-3-1;;;/h9-20,22H,1-8H3;12-13H,1-4,6-11H2;1-3H,4H2;2*1H;/q;;;;;+2/p-2. The van der Waals surface area contributed by atoms with Gasteiger partial charge in [-0.05, 0) is 0 Å². The van der Waals surface area contributed by atoms with Gasteiger partial charge in [-0.25, -0.2) is 0 Å². The summed E-state index contributed by atoms with van der Waals surface area (Å²) in [6, 6.07) is 0. The first kappa shape index (κ1) is 39.0. The van der Waals surface area contributed by atoms with E-state index in [1.165, 1.54) is 70.6 Å². The molecule has 0 amide bonds. The molecule has 0 nitrogen and oxygen atoms in total. The second-order valence-corrected chi connectivity index (χ2v) is 25.9. The Kier molecular flexibility index (Phi) is 10.3. The van der Waals surface area contributed by atoms with Gasteiger partial charge in [0.15, 0.2) is 0 Å². The zero-order valence-electron chi connectivity index (χ0n) is 32.4. The van der Waals surface area contributed by atoms with Crippen molar-refractivity contribution in [1.82, 2.24) is 0 Å². The average molecular weight is 791 g/mol. The normalized spacial score (nSPS) is 45.1. The molecule has 0 heterocycles. The van der Waals surface area contributed by atoms with E-state index in [0.717, 1.165) is 11.8 Å². The van der Waals surface area contributed by atoms with E-state index in [2.05, 4.69) is 144 Å². The second kappa shape index (κ2) is 13.2. The van der Waals surface area contributed by atoms with Gasteiger partial charge in [-0.15, -0.1) is 0 Å². The zero-order valence-corrected chi connectivity index (χ0v) is 36.4. The molecule has 4 saturated carbocycles. The third kappa shape index (κ3) is 4.54. The Bertz CT molecular complexity index is 1630. The van der Waals surface area contributed by atoms with Gasteiger partial charge < -0.3 is 24.8 Å². The van der Waals surface area contributed by atoms with Crippen molar-refractivity contribution in [3.05, 3.63) is 93.9 Å². The molecule has 0 aromatic rings. The molecule has 9 atom stereocenters. The van der Waals surface area contributed by atoms with E-state index in [-0.39, 0.29) is 62.7 Å². The van der Waals surface area contributed by atoms with Crippen LogP contribution >= 0.6 is 0 Å². The molecule has 3 heteroatoms. The molecule has 8 aliphatic carbocycles. The maximum Gasteiger partial charge on any atom is -1.00 e. The molecular weight excluding hydrogens is 727 g/mol. The van der Waals surface area contributed by atoms with E-state index in [9.17, 15) is 0 Å². The first-order chi connectivity index (χ1) is 22.8. The molecule has 0 aromatic heterocycles. The Labute approximate surface area is 326 Å². The molecule has 0 spiro atoms. The van der Waals surface area contributed by atoms with Gasteiger partial charge >= 0.3 is 304 Å². The number of hydrogen-bond donors (Lipinski definition) is 0. The van der Waals surface area contributed by atoms with Crippen molar-refractivity contribution in [3.8, 4) is 0 Å². The minimum atomic E-state index is -2.54. The number of halogens is 2. The Morgan fingerprint density at radius 1 is 0.640 bits per heavy atom. The quantitative estimate of drug-likeness (QED) is 0.271. The Morgan fingerprint density at radius 2 is 1.14 bits per heavy atom. The molecule has 0 bridgehead atoms. The zero-order chi connectivity index (χ0) is 33.8. The number of fused-ring (bicyclic) bond motifs is 8. The summed E-state index contributed by atoms with van der Waals surface area (Å²) in [4.78, 5) is 0. The molecular formula is C47H64Cl2Zr. The van der Waals surface area contributed by atoms with Crippen molar-refractivity contribution < 1.29 is 46.1 Å². The summed E-state index contributed by atoms with van der Waals surface area (Å²) < 4.78 is 4.79. The summed E-state index contributed by atoms with van der Waals surface area (Å²) in [5.74, 6) is 2.42. The van der Waals surface area contributed by atoms with Crippen molar-refractivity contribution >= 4 is 3.21 Å². The van der Waals surface area contributed by atoms with Crippen molar-refractivity contribution in [1.29, 1.82) is 0 Å². The summed E-state index contributed by atoms with van der Waals surface area (Å²) in [5, 5.41) is 0. The maximum atomic E-state index is 2.90.